The van der Waals surface area contributed by atoms with Gasteiger partial charge in [-0.1, -0.05) is 0 Å². The summed E-state index contributed by atoms with van der Waals surface area (Å²) in [6.07, 6.45) is 2.51. The van der Waals surface area contributed by atoms with Gasteiger partial charge < -0.3 is 16.0 Å². The molecular formula is C12H17N5O. The zero-order valence-electron chi connectivity index (χ0n) is 10.4. The summed E-state index contributed by atoms with van der Waals surface area (Å²) in [5.74, 6) is 1.26. The van der Waals surface area contributed by atoms with E-state index in [4.69, 9.17) is 5.73 Å². The lowest BCUT2D eigenvalue weighted by Crippen LogP contribution is -2.69. The number of nitrogens with two attached hydrogens (primary N) is 1. The molecule has 96 valence electrons. The summed E-state index contributed by atoms with van der Waals surface area (Å²) in [5.41, 5.74) is 6.59. The highest BCUT2D eigenvalue weighted by molar-refractivity contribution is 5.91. The van der Waals surface area contributed by atoms with Crippen LogP contribution in [0, 0.1) is 5.92 Å². The highest BCUT2D eigenvalue weighted by Crippen LogP contribution is 2.43. The number of carbonyl (C=O) groups is 1. The van der Waals surface area contributed by atoms with Gasteiger partial charge in [0.15, 0.2) is 11.5 Å². The molecule has 1 aromatic heterocycles. The molecule has 0 bridgehead atoms. The van der Waals surface area contributed by atoms with Crippen LogP contribution in [0.3, 0.4) is 0 Å². The molecule has 0 spiro atoms. The Morgan fingerprint density at radius 1 is 1.44 bits per heavy atom. The van der Waals surface area contributed by atoms with Gasteiger partial charge in [-0.25, -0.2) is 0 Å². The molecule has 1 saturated carbocycles. The first kappa shape index (κ1) is 11.4. The van der Waals surface area contributed by atoms with E-state index in [2.05, 4.69) is 20.4 Å². The van der Waals surface area contributed by atoms with Crippen molar-refractivity contribution in [2.75, 3.05) is 25.0 Å². The first-order chi connectivity index (χ1) is 8.62. The maximum absolute atomic E-state index is 11.3. The maximum atomic E-state index is 11.3. The number of hydrogen-bond donors (Lipinski definition) is 2. The van der Waals surface area contributed by atoms with E-state index < -0.39 is 0 Å². The molecule has 2 heterocycles. The number of nitrogens with one attached hydrogen (secondary N) is 1. The second-order valence-corrected chi connectivity index (χ2v) is 5.22. The fraction of sp³-hybridized carbons (Fsp3) is 0.583. The van der Waals surface area contributed by atoms with Gasteiger partial charge in [0.05, 0.1) is 5.54 Å². The van der Waals surface area contributed by atoms with Crippen molar-refractivity contribution in [1.82, 2.24) is 15.5 Å². The summed E-state index contributed by atoms with van der Waals surface area (Å²) in [4.78, 5) is 13.4. The maximum Gasteiger partial charge on any atom is 0.271 e. The molecule has 0 radical (unpaired) electrons. The first-order valence-electron chi connectivity index (χ1n) is 6.22. The van der Waals surface area contributed by atoms with Crippen LogP contribution in [0.2, 0.25) is 0 Å². The van der Waals surface area contributed by atoms with Gasteiger partial charge >= 0.3 is 0 Å². The topological polar surface area (TPSA) is 84.1 Å². The van der Waals surface area contributed by atoms with Crippen molar-refractivity contribution in [2.24, 2.45) is 11.7 Å². The Hall–Kier alpha value is -1.69. The van der Waals surface area contributed by atoms with Gasteiger partial charge in [0.2, 0.25) is 0 Å². The molecule has 1 aromatic rings. The smallest absolute Gasteiger partial charge is 0.271 e. The summed E-state index contributed by atoms with van der Waals surface area (Å²) >= 11 is 0. The van der Waals surface area contributed by atoms with Gasteiger partial charge in [-0.3, -0.25) is 4.79 Å². The number of rotatable bonds is 3. The van der Waals surface area contributed by atoms with Gasteiger partial charge in [0.1, 0.15) is 0 Å². The molecule has 1 amide bonds. The molecule has 0 aromatic carbocycles. The Kier molecular flexibility index (Phi) is 2.48. The minimum absolute atomic E-state index is 0.0266. The Morgan fingerprint density at radius 3 is 2.67 bits per heavy atom. The molecule has 1 aliphatic heterocycles. The molecule has 0 atom stereocenters. The third-order valence-electron chi connectivity index (χ3n) is 3.80. The first-order valence-corrected chi connectivity index (χ1v) is 6.22. The number of aromatic nitrogens is 2. The van der Waals surface area contributed by atoms with Crippen LogP contribution in [0.4, 0.5) is 5.82 Å². The predicted molar refractivity (Wildman–Crippen MR) is 67.3 cm³/mol. The molecule has 1 aliphatic carbocycles. The highest BCUT2D eigenvalue weighted by atomic mass is 16.1. The quantitative estimate of drug-likeness (QED) is 0.770. The fourth-order valence-electron chi connectivity index (χ4n) is 2.49. The zero-order valence-corrected chi connectivity index (χ0v) is 10.4. The summed E-state index contributed by atoms with van der Waals surface area (Å²) in [5, 5.41) is 10.5. The predicted octanol–water partition coefficient (Wildman–Crippen LogP) is -0.236. The van der Waals surface area contributed by atoms with E-state index in [-0.39, 0.29) is 11.4 Å². The van der Waals surface area contributed by atoms with Crippen LogP contribution in [0.1, 0.15) is 23.3 Å². The molecule has 2 fully saturated rings. The van der Waals surface area contributed by atoms with Crippen LogP contribution in [0.25, 0.3) is 0 Å². The third kappa shape index (κ3) is 1.82. The van der Waals surface area contributed by atoms with Gasteiger partial charge in [-0.05, 0) is 30.9 Å². The van der Waals surface area contributed by atoms with Crippen LogP contribution < -0.4 is 16.0 Å². The number of amides is 1. The van der Waals surface area contributed by atoms with Crippen molar-refractivity contribution in [3.05, 3.63) is 17.8 Å². The zero-order chi connectivity index (χ0) is 12.8. The Bertz CT molecular complexity index is 462. The lowest BCUT2D eigenvalue weighted by Gasteiger charge is -2.48. The number of hydrogen-bond acceptors (Lipinski definition) is 5. The second kappa shape index (κ2) is 3.91. The molecule has 3 rings (SSSR count). The van der Waals surface area contributed by atoms with Crippen molar-refractivity contribution in [3.8, 4) is 0 Å². The van der Waals surface area contributed by atoms with E-state index >= 15 is 0 Å². The number of carbonyl (C=O) groups excluding carboxylic acids is 1. The standard InChI is InChI=1S/C12H17N5O/c1-14-11(18)9-4-5-10(16-15-9)17-6-12(13,7-17)8-2-3-8/h4-5,8H,2-3,6-7,13H2,1H3,(H,14,18). The number of nitrogens with zero attached hydrogens (tertiary/aromatic N) is 3. The van der Waals surface area contributed by atoms with Crippen LogP contribution in [0.15, 0.2) is 12.1 Å². The Balaban J connectivity index is 1.66. The second-order valence-electron chi connectivity index (χ2n) is 5.22. The van der Waals surface area contributed by atoms with Crippen LogP contribution >= 0.6 is 0 Å². The highest BCUT2D eigenvalue weighted by Gasteiger charge is 2.50. The molecule has 2 aliphatic rings. The van der Waals surface area contributed by atoms with E-state index in [1.807, 2.05) is 6.07 Å². The van der Waals surface area contributed by atoms with Crippen molar-refractivity contribution in [3.63, 3.8) is 0 Å². The van der Waals surface area contributed by atoms with E-state index in [0.29, 0.717) is 11.6 Å². The van der Waals surface area contributed by atoms with E-state index in [1.54, 1.807) is 13.1 Å². The normalized spacial score (nSPS) is 21.3. The van der Waals surface area contributed by atoms with E-state index in [9.17, 15) is 4.79 Å². The van der Waals surface area contributed by atoms with Crippen LogP contribution in [-0.4, -0.2) is 41.8 Å². The van der Waals surface area contributed by atoms with Gasteiger partial charge in [-0.2, -0.15) is 0 Å². The summed E-state index contributed by atoms with van der Waals surface area (Å²) in [7, 11) is 1.58. The van der Waals surface area contributed by atoms with E-state index in [1.165, 1.54) is 12.8 Å². The molecule has 3 N–H and O–H groups in total. The molecule has 1 saturated heterocycles. The molecular weight excluding hydrogens is 230 g/mol. The lowest BCUT2D eigenvalue weighted by molar-refractivity contribution is 0.0957. The van der Waals surface area contributed by atoms with Crippen molar-refractivity contribution in [2.45, 2.75) is 18.4 Å². The van der Waals surface area contributed by atoms with Crippen LogP contribution in [-0.2, 0) is 0 Å². The fourth-order valence-corrected chi connectivity index (χ4v) is 2.49. The lowest BCUT2D eigenvalue weighted by atomic mass is 9.86. The average Bonchev–Trinajstić information content (AvgIpc) is 3.19. The Labute approximate surface area is 106 Å². The van der Waals surface area contributed by atoms with Gasteiger partial charge in [0.25, 0.3) is 5.91 Å². The average molecular weight is 247 g/mol. The van der Waals surface area contributed by atoms with E-state index in [0.717, 1.165) is 18.9 Å². The summed E-state index contributed by atoms with van der Waals surface area (Å²) in [6.45, 7) is 1.68. The summed E-state index contributed by atoms with van der Waals surface area (Å²) in [6, 6.07) is 3.51. The summed E-state index contributed by atoms with van der Waals surface area (Å²) < 4.78 is 0. The largest absolute Gasteiger partial charge is 0.354 e. The third-order valence-corrected chi connectivity index (χ3v) is 3.80. The Morgan fingerprint density at radius 2 is 2.17 bits per heavy atom. The molecule has 6 nitrogen and oxygen atoms in total. The van der Waals surface area contributed by atoms with Gasteiger partial charge in [0, 0.05) is 20.1 Å². The molecule has 18 heavy (non-hydrogen) atoms. The monoisotopic (exact) mass is 247 g/mol. The van der Waals surface area contributed by atoms with Crippen molar-refractivity contribution in [1.29, 1.82) is 0 Å². The minimum atomic E-state index is -0.219. The van der Waals surface area contributed by atoms with Crippen LogP contribution in [0.5, 0.6) is 0 Å². The molecule has 0 unspecified atom stereocenters. The van der Waals surface area contributed by atoms with Crippen molar-refractivity contribution < 1.29 is 4.79 Å². The van der Waals surface area contributed by atoms with Crippen molar-refractivity contribution >= 4 is 11.7 Å². The van der Waals surface area contributed by atoms with Gasteiger partial charge in [-0.15, -0.1) is 10.2 Å². The number of anilines is 1. The minimum Gasteiger partial charge on any atom is -0.354 e. The molecule has 6 heteroatoms. The SMILES string of the molecule is CNC(=O)c1ccc(N2CC(N)(C3CC3)C2)nn1.